The van der Waals surface area contributed by atoms with Gasteiger partial charge in [0.2, 0.25) is 10.0 Å². The Morgan fingerprint density at radius 2 is 2.05 bits per heavy atom. The van der Waals surface area contributed by atoms with Crippen molar-refractivity contribution in [3.05, 3.63) is 28.3 Å². The first-order valence-corrected chi connectivity index (χ1v) is 8.73. The van der Waals surface area contributed by atoms with Gasteiger partial charge in [-0.1, -0.05) is 18.0 Å². The summed E-state index contributed by atoms with van der Waals surface area (Å²) in [6, 6.07) is 3.33. The molecular weight excluding hydrogens is 296 g/mol. The summed E-state index contributed by atoms with van der Waals surface area (Å²) < 4.78 is 27.5. The molecule has 0 spiro atoms. The van der Waals surface area contributed by atoms with Gasteiger partial charge >= 0.3 is 0 Å². The third-order valence-corrected chi connectivity index (χ3v) is 5.64. The van der Waals surface area contributed by atoms with Gasteiger partial charge in [0.25, 0.3) is 0 Å². The summed E-state index contributed by atoms with van der Waals surface area (Å²) in [5.41, 5.74) is 1.66. The highest BCUT2D eigenvalue weighted by Gasteiger charge is 2.23. The fraction of sp³-hybridized carbons (Fsp3) is 0.571. The monoisotopic (exact) mass is 316 g/mol. The molecule has 0 bridgehead atoms. The van der Waals surface area contributed by atoms with Crippen LogP contribution in [-0.4, -0.2) is 22.0 Å². The number of nitrogens with one attached hydrogen (secondary N) is 2. The molecule has 112 valence electrons. The molecule has 6 heteroatoms. The molecule has 1 aliphatic carbocycles. The molecule has 1 saturated carbocycles. The van der Waals surface area contributed by atoms with E-state index in [1.54, 1.807) is 6.07 Å². The summed E-state index contributed by atoms with van der Waals surface area (Å²) in [6.07, 6.45) is 3.43. The van der Waals surface area contributed by atoms with Crippen molar-refractivity contribution >= 4 is 21.6 Å². The molecule has 2 N–H and O–H groups in total. The van der Waals surface area contributed by atoms with Gasteiger partial charge in [-0.3, -0.25) is 0 Å². The van der Waals surface area contributed by atoms with E-state index in [9.17, 15) is 8.42 Å². The highest BCUT2D eigenvalue weighted by atomic mass is 35.5. The molecule has 1 aromatic carbocycles. The smallest absolute Gasteiger partial charge is 0.240 e. The van der Waals surface area contributed by atoms with E-state index in [2.05, 4.69) is 10.0 Å². The lowest BCUT2D eigenvalue weighted by Gasteiger charge is -2.25. The number of sulfonamides is 1. The van der Waals surface area contributed by atoms with Gasteiger partial charge in [-0.15, -0.1) is 0 Å². The van der Waals surface area contributed by atoms with Crippen molar-refractivity contribution in [2.75, 3.05) is 13.6 Å². The van der Waals surface area contributed by atoms with Crippen LogP contribution in [0.3, 0.4) is 0 Å². The lowest BCUT2D eigenvalue weighted by Crippen LogP contribution is -2.32. The molecule has 1 aliphatic rings. The highest BCUT2D eigenvalue weighted by molar-refractivity contribution is 7.89. The topological polar surface area (TPSA) is 58.2 Å². The first-order valence-electron chi connectivity index (χ1n) is 6.87. The summed E-state index contributed by atoms with van der Waals surface area (Å²) >= 11 is 6.04. The zero-order chi connectivity index (χ0) is 14.8. The normalized spacial score (nSPS) is 16.1. The van der Waals surface area contributed by atoms with Crippen LogP contribution >= 0.6 is 11.6 Å². The standard InChI is InChI=1S/C14H21ClN2O2S/c1-10-12(9-16-2)6-13(15)7-14(10)20(18,19)17-8-11-4-3-5-11/h6-7,11,16-17H,3-5,8-9H2,1-2H3. The lowest BCUT2D eigenvalue weighted by atomic mass is 9.86. The van der Waals surface area contributed by atoms with E-state index < -0.39 is 10.0 Å². The van der Waals surface area contributed by atoms with E-state index in [4.69, 9.17) is 11.6 Å². The van der Waals surface area contributed by atoms with Crippen LogP contribution in [0.1, 0.15) is 30.4 Å². The van der Waals surface area contributed by atoms with Gasteiger partial charge in [0.1, 0.15) is 0 Å². The maximum absolute atomic E-state index is 12.4. The Hall–Kier alpha value is -0.620. The molecular formula is C14H21ClN2O2S. The third kappa shape index (κ3) is 3.52. The van der Waals surface area contributed by atoms with Crippen molar-refractivity contribution in [3.63, 3.8) is 0 Å². The first kappa shape index (κ1) is 15.8. The van der Waals surface area contributed by atoms with E-state index in [0.29, 0.717) is 24.0 Å². The zero-order valence-electron chi connectivity index (χ0n) is 11.9. The number of hydrogen-bond acceptors (Lipinski definition) is 3. The van der Waals surface area contributed by atoms with Gasteiger partial charge in [-0.25, -0.2) is 13.1 Å². The Morgan fingerprint density at radius 1 is 1.35 bits per heavy atom. The van der Waals surface area contributed by atoms with Crippen molar-refractivity contribution in [2.45, 2.75) is 37.6 Å². The minimum absolute atomic E-state index is 0.287. The average Bonchev–Trinajstić information content (AvgIpc) is 2.31. The van der Waals surface area contributed by atoms with Gasteiger partial charge < -0.3 is 5.32 Å². The minimum atomic E-state index is -3.49. The largest absolute Gasteiger partial charge is 0.316 e. The van der Waals surface area contributed by atoms with Crippen molar-refractivity contribution < 1.29 is 8.42 Å². The zero-order valence-corrected chi connectivity index (χ0v) is 13.4. The summed E-state index contributed by atoms with van der Waals surface area (Å²) in [5, 5.41) is 3.47. The second-order valence-corrected chi connectivity index (χ2v) is 7.54. The van der Waals surface area contributed by atoms with E-state index in [-0.39, 0.29) is 4.90 Å². The van der Waals surface area contributed by atoms with E-state index in [1.165, 1.54) is 12.5 Å². The molecule has 0 aliphatic heterocycles. The van der Waals surface area contributed by atoms with Crippen LogP contribution in [0.5, 0.6) is 0 Å². The van der Waals surface area contributed by atoms with Gasteiger partial charge in [-0.05, 0) is 56.0 Å². The maximum Gasteiger partial charge on any atom is 0.240 e. The van der Waals surface area contributed by atoms with Gasteiger partial charge in [0.05, 0.1) is 4.90 Å². The Bertz CT molecular complexity index is 583. The first-order chi connectivity index (χ1) is 9.44. The fourth-order valence-electron chi connectivity index (χ4n) is 2.36. The Labute approximate surface area is 126 Å². The van der Waals surface area contributed by atoms with Crippen molar-refractivity contribution in [1.82, 2.24) is 10.0 Å². The second kappa shape index (κ2) is 6.43. The van der Waals surface area contributed by atoms with Crippen molar-refractivity contribution in [1.29, 1.82) is 0 Å². The molecule has 0 radical (unpaired) electrons. The summed E-state index contributed by atoms with van der Waals surface area (Å²) in [6.45, 7) is 2.94. The molecule has 4 nitrogen and oxygen atoms in total. The molecule has 2 rings (SSSR count). The number of hydrogen-bond donors (Lipinski definition) is 2. The van der Waals surface area contributed by atoms with E-state index >= 15 is 0 Å². The molecule has 0 atom stereocenters. The third-order valence-electron chi connectivity index (χ3n) is 3.88. The van der Waals surface area contributed by atoms with Crippen LogP contribution in [0, 0.1) is 12.8 Å². The molecule has 0 unspecified atom stereocenters. The average molecular weight is 317 g/mol. The highest BCUT2D eigenvalue weighted by Crippen LogP contribution is 2.27. The maximum atomic E-state index is 12.4. The molecule has 1 aromatic rings. The van der Waals surface area contributed by atoms with E-state index in [1.807, 2.05) is 14.0 Å². The van der Waals surface area contributed by atoms with Crippen LogP contribution in [0.25, 0.3) is 0 Å². The van der Waals surface area contributed by atoms with Crippen LogP contribution in [0.2, 0.25) is 5.02 Å². The van der Waals surface area contributed by atoms with Crippen LogP contribution in [0.15, 0.2) is 17.0 Å². The van der Waals surface area contributed by atoms with Gasteiger partial charge in [-0.2, -0.15) is 0 Å². The second-order valence-electron chi connectivity index (χ2n) is 5.37. The van der Waals surface area contributed by atoms with Gasteiger partial charge in [0.15, 0.2) is 0 Å². The summed E-state index contributed by atoms with van der Waals surface area (Å²) in [7, 11) is -1.66. The quantitative estimate of drug-likeness (QED) is 0.847. The van der Waals surface area contributed by atoms with Gasteiger partial charge in [0, 0.05) is 18.1 Å². The van der Waals surface area contributed by atoms with Crippen LogP contribution < -0.4 is 10.0 Å². The van der Waals surface area contributed by atoms with Crippen molar-refractivity contribution in [3.8, 4) is 0 Å². The Morgan fingerprint density at radius 3 is 2.60 bits per heavy atom. The number of halogens is 1. The molecule has 20 heavy (non-hydrogen) atoms. The predicted molar refractivity (Wildman–Crippen MR) is 81.5 cm³/mol. The fourth-order valence-corrected chi connectivity index (χ4v) is 4.10. The molecule has 0 amide bonds. The molecule has 0 aromatic heterocycles. The van der Waals surface area contributed by atoms with Crippen LogP contribution in [-0.2, 0) is 16.6 Å². The number of rotatable bonds is 6. The molecule has 0 saturated heterocycles. The van der Waals surface area contributed by atoms with Crippen LogP contribution in [0.4, 0.5) is 0 Å². The summed E-state index contributed by atoms with van der Waals surface area (Å²) in [4.78, 5) is 0.287. The van der Waals surface area contributed by atoms with E-state index in [0.717, 1.165) is 24.0 Å². The minimum Gasteiger partial charge on any atom is -0.316 e. The Kier molecular flexibility index (Phi) is 5.07. The molecule has 1 fully saturated rings. The summed E-state index contributed by atoms with van der Waals surface area (Å²) in [5.74, 6) is 0.487. The predicted octanol–water partition coefficient (Wildman–Crippen LogP) is 2.45. The Balaban J connectivity index is 2.25. The SMILES string of the molecule is CNCc1cc(Cl)cc(S(=O)(=O)NCC2CCC2)c1C. The number of benzene rings is 1. The van der Waals surface area contributed by atoms with Crippen molar-refractivity contribution in [2.24, 2.45) is 5.92 Å². The lowest BCUT2D eigenvalue weighted by molar-refractivity contribution is 0.316. The molecule has 0 heterocycles.